The number of alkyl halides is 3. The fourth-order valence-electron chi connectivity index (χ4n) is 1.87. The van der Waals surface area contributed by atoms with Crippen LogP contribution in [0.3, 0.4) is 0 Å². The Bertz CT molecular complexity index is 509. The summed E-state index contributed by atoms with van der Waals surface area (Å²) < 4.78 is 38.8. The van der Waals surface area contributed by atoms with Crippen LogP contribution in [0.4, 0.5) is 13.2 Å². The molecule has 1 amide bonds. The molecule has 0 saturated heterocycles. The molecule has 18 heavy (non-hydrogen) atoms. The van der Waals surface area contributed by atoms with Gasteiger partial charge in [0.25, 0.3) is 0 Å². The van der Waals surface area contributed by atoms with Crippen molar-refractivity contribution in [1.82, 2.24) is 14.5 Å². The molecule has 1 N–H and O–H groups in total. The van der Waals surface area contributed by atoms with E-state index in [2.05, 4.69) is 4.98 Å². The number of hydrogen-bond acceptors (Lipinski definition) is 3. The second-order valence-corrected chi connectivity index (χ2v) is 3.76. The van der Waals surface area contributed by atoms with Crippen LogP contribution >= 0.6 is 0 Å². The summed E-state index contributed by atoms with van der Waals surface area (Å²) in [4.78, 5) is 25.8. The van der Waals surface area contributed by atoms with Gasteiger partial charge in [-0.1, -0.05) is 0 Å². The van der Waals surface area contributed by atoms with Crippen molar-refractivity contribution in [2.75, 3.05) is 6.54 Å². The lowest BCUT2D eigenvalue weighted by Crippen LogP contribution is -2.34. The van der Waals surface area contributed by atoms with Gasteiger partial charge in [-0.25, -0.2) is 9.78 Å². The number of aromatic carboxylic acids is 1. The monoisotopic (exact) mass is 263 g/mol. The summed E-state index contributed by atoms with van der Waals surface area (Å²) in [5, 5.41) is 8.83. The molecule has 1 aliphatic rings. The summed E-state index contributed by atoms with van der Waals surface area (Å²) in [6.45, 7) is -0.216. The van der Waals surface area contributed by atoms with Gasteiger partial charge in [-0.15, -0.1) is 0 Å². The molecule has 1 aliphatic heterocycles. The first-order chi connectivity index (χ1) is 8.34. The molecule has 9 heteroatoms. The number of amides is 1. The molecule has 0 aromatic carbocycles. The summed E-state index contributed by atoms with van der Waals surface area (Å²) in [7, 11) is 0. The third kappa shape index (κ3) is 1.91. The summed E-state index contributed by atoms with van der Waals surface area (Å²) in [5.74, 6) is -2.78. The van der Waals surface area contributed by atoms with E-state index in [9.17, 15) is 22.8 Å². The molecule has 98 valence electrons. The van der Waals surface area contributed by atoms with Crippen LogP contribution in [0, 0.1) is 0 Å². The summed E-state index contributed by atoms with van der Waals surface area (Å²) in [6.07, 6.45) is -4.25. The lowest BCUT2D eigenvalue weighted by Gasteiger charge is -2.26. The molecular formula is C9H8F3N3O3. The van der Waals surface area contributed by atoms with Gasteiger partial charge >= 0.3 is 12.1 Å². The highest BCUT2D eigenvalue weighted by Gasteiger charge is 2.41. The van der Waals surface area contributed by atoms with Crippen molar-refractivity contribution in [2.45, 2.75) is 19.3 Å². The third-order valence-electron chi connectivity index (χ3n) is 2.64. The highest BCUT2D eigenvalue weighted by molar-refractivity contribution is 5.87. The standard InChI is InChI=1S/C9H8F3N3O3/c10-9(11,12)8-13-6(7(17)18)5-3-14(4-16)1-2-15(5)8/h4H,1-3H2,(H,17,18). The third-order valence-corrected chi connectivity index (χ3v) is 2.64. The van der Waals surface area contributed by atoms with E-state index < -0.39 is 23.7 Å². The highest BCUT2D eigenvalue weighted by Crippen LogP contribution is 2.32. The highest BCUT2D eigenvalue weighted by atomic mass is 19.4. The van der Waals surface area contributed by atoms with Gasteiger partial charge in [0.05, 0.1) is 12.2 Å². The maximum Gasteiger partial charge on any atom is 0.449 e. The Morgan fingerprint density at radius 2 is 2.06 bits per heavy atom. The fourth-order valence-corrected chi connectivity index (χ4v) is 1.87. The van der Waals surface area contributed by atoms with Gasteiger partial charge in [-0.05, 0) is 0 Å². The molecule has 1 aromatic rings. The Morgan fingerprint density at radius 1 is 1.39 bits per heavy atom. The number of imidazole rings is 1. The van der Waals surface area contributed by atoms with E-state index in [4.69, 9.17) is 5.11 Å². The maximum atomic E-state index is 12.7. The zero-order chi connectivity index (χ0) is 13.5. The minimum absolute atomic E-state index is 0.0923. The van der Waals surface area contributed by atoms with E-state index in [1.165, 1.54) is 4.90 Å². The number of halogens is 3. The average Bonchev–Trinajstić information content (AvgIpc) is 2.66. The van der Waals surface area contributed by atoms with Gasteiger partial charge in [0.1, 0.15) is 0 Å². The molecular weight excluding hydrogens is 255 g/mol. The van der Waals surface area contributed by atoms with Gasteiger partial charge in [-0.2, -0.15) is 13.2 Å². The molecule has 0 saturated carbocycles. The normalized spacial score (nSPS) is 15.4. The number of carbonyl (C=O) groups is 2. The largest absolute Gasteiger partial charge is 0.476 e. The molecule has 0 fully saturated rings. The minimum atomic E-state index is -4.72. The smallest absolute Gasteiger partial charge is 0.449 e. The van der Waals surface area contributed by atoms with Gasteiger partial charge in [0, 0.05) is 13.1 Å². The predicted molar refractivity (Wildman–Crippen MR) is 50.7 cm³/mol. The zero-order valence-corrected chi connectivity index (χ0v) is 8.94. The molecule has 2 heterocycles. The first kappa shape index (κ1) is 12.4. The zero-order valence-electron chi connectivity index (χ0n) is 8.94. The van der Waals surface area contributed by atoms with Crippen molar-refractivity contribution in [3.05, 3.63) is 17.2 Å². The van der Waals surface area contributed by atoms with Crippen molar-refractivity contribution in [3.63, 3.8) is 0 Å². The lowest BCUT2D eigenvalue weighted by atomic mass is 10.2. The van der Waals surface area contributed by atoms with E-state index >= 15 is 0 Å². The minimum Gasteiger partial charge on any atom is -0.476 e. The summed E-state index contributed by atoms with van der Waals surface area (Å²) in [6, 6.07) is 0. The van der Waals surface area contributed by atoms with Crippen LogP contribution in [0.25, 0.3) is 0 Å². The van der Waals surface area contributed by atoms with E-state index in [-0.39, 0.29) is 25.3 Å². The number of fused-ring (bicyclic) bond motifs is 1. The Morgan fingerprint density at radius 3 is 2.56 bits per heavy atom. The average molecular weight is 263 g/mol. The SMILES string of the molecule is O=CN1CCn2c(C(F)(F)F)nc(C(=O)O)c2C1. The van der Waals surface area contributed by atoms with Crippen LogP contribution in [0.2, 0.25) is 0 Å². The number of carboxylic acids is 1. The van der Waals surface area contributed by atoms with E-state index in [1.54, 1.807) is 0 Å². The number of carboxylic acid groups (broad SMARTS) is 1. The summed E-state index contributed by atoms with van der Waals surface area (Å²) in [5.41, 5.74) is -0.762. The van der Waals surface area contributed by atoms with Gasteiger partial charge in [0.15, 0.2) is 5.69 Å². The summed E-state index contributed by atoms with van der Waals surface area (Å²) >= 11 is 0. The Kier molecular flexibility index (Phi) is 2.76. The van der Waals surface area contributed by atoms with Crippen LogP contribution in [0.1, 0.15) is 22.0 Å². The Hall–Kier alpha value is -2.06. The van der Waals surface area contributed by atoms with Crippen LogP contribution in [0.5, 0.6) is 0 Å². The molecule has 0 spiro atoms. The topological polar surface area (TPSA) is 75.4 Å². The molecule has 0 aliphatic carbocycles. The van der Waals surface area contributed by atoms with Crippen molar-refractivity contribution >= 4 is 12.4 Å². The Labute approximate surface area is 98.6 Å². The van der Waals surface area contributed by atoms with E-state index in [0.717, 1.165) is 4.57 Å². The van der Waals surface area contributed by atoms with Gasteiger partial charge in [-0.3, -0.25) is 4.79 Å². The Balaban J connectivity index is 2.55. The van der Waals surface area contributed by atoms with E-state index in [0.29, 0.717) is 6.41 Å². The molecule has 0 bridgehead atoms. The van der Waals surface area contributed by atoms with Crippen molar-refractivity contribution < 1.29 is 27.9 Å². The molecule has 1 aromatic heterocycles. The van der Waals surface area contributed by atoms with Crippen molar-refractivity contribution in [2.24, 2.45) is 0 Å². The maximum absolute atomic E-state index is 12.7. The lowest BCUT2D eigenvalue weighted by molar-refractivity contribution is -0.147. The second kappa shape index (κ2) is 4.00. The molecule has 6 nitrogen and oxygen atoms in total. The first-order valence-electron chi connectivity index (χ1n) is 4.94. The second-order valence-electron chi connectivity index (χ2n) is 3.76. The molecule has 2 rings (SSSR count). The van der Waals surface area contributed by atoms with Crippen LogP contribution in [-0.2, 0) is 24.1 Å². The number of hydrogen-bond donors (Lipinski definition) is 1. The van der Waals surface area contributed by atoms with Gasteiger partial charge in [0.2, 0.25) is 12.2 Å². The number of nitrogens with zero attached hydrogens (tertiary/aromatic N) is 3. The van der Waals surface area contributed by atoms with Crippen LogP contribution in [0.15, 0.2) is 0 Å². The molecule has 0 unspecified atom stereocenters. The first-order valence-corrected chi connectivity index (χ1v) is 4.94. The van der Waals surface area contributed by atoms with Crippen molar-refractivity contribution in [3.8, 4) is 0 Å². The quantitative estimate of drug-likeness (QED) is 0.791. The number of aromatic nitrogens is 2. The van der Waals surface area contributed by atoms with Gasteiger partial charge < -0.3 is 14.6 Å². The molecule has 0 radical (unpaired) electrons. The van der Waals surface area contributed by atoms with E-state index in [1.807, 2.05) is 0 Å². The number of carbonyl (C=O) groups excluding carboxylic acids is 1. The predicted octanol–water partition coefficient (Wildman–Crippen LogP) is 0.572. The van der Waals surface area contributed by atoms with Crippen LogP contribution in [-0.4, -0.2) is 38.5 Å². The number of rotatable bonds is 2. The van der Waals surface area contributed by atoms with Crippen LogP contribution < -0.4 is 0 Å². The fraction of sp³-hybridized carbons (Fsp3) is 0.444. The molecule has 0 atom stereocenters. The van der Waals surface area contributed by atoms with Crippen molar-refractivity contribution in [1.29, 1.82) is 0 Å².